The molecular weight excluding hydrogens is 312 g/mol. The Morgan fingerprint density at radius 1 is 1.39 bits per heavy atom. The lowest BCUT2D eigenvalue weighted by molar-refractivity contribution is 0.217. The van der Waals surface area contributed by atoms with E-state index in [4.69, 9.17) is 10.00 Å². The van der Waals surface area contributed by atoms with Gasteiger partial charge in [0.2, 0.25) is 0 Å². The van der Waals surface area contributed by atoms with E-state index in [2.05, 4.69) is 11.0 Å². The SMILES string of the molecule is CN(CCCOc1cccc(C#N)c1)[C@H]1CCC[C@H]1S(C)(=O)=O. The van der Waals surface area contributed by atoms with E-state index in [1.54, 1.807) is 18.2 Å². The predicted octanol–water partition coefficient (Wildman–Crippen LogP) is 2.22. The molecule has 2 atom stereocenters. The molecule has 0 aliphatic heterocycles. The second-order valence-electron chi connectivity index (χ2n) is 6.19. The van der Waals surface area contributed by atoms with Crippen molar-refractivity contribution in [2.45, 2.75) is 37.0 Å². The topological polar surface area (TPSA) is 70.4 Å². The van der Waals surface area contributed by atoms with Gasteiger partial charge in [-0.05, 0) is 44.5 Å². The van der Waals surface area contributed by atoms with Crippen LogP contribution < -0.4 is 4.74 Å². The molecule has 5 nitrogen and oxygen atoms in total. The zero-order valence-corrected chi connectivity index (χ0v) is 14.6. The number of nitriles is 1. The highest BCUT2D eigenvalue weighted by atomic mass is 32.2. The monoisotopic (exact) mass is 336 g/mol. The molecule has 0 unspecified atom stereocenters. The van der Waals surface area contributed by atoms with Crippen LogP contribution in [0.4, 0.5) is 0 Å². The molecule has 1 aromatic rings. The number of sulfone groups is 1. The summed E-state index contributed by atoms with van der Waals surface area (Å²) in [5, 5.41) is 8.62. The quantitative estimate of drug-likeness (QED) is 0.714. The lowest BCUT2D eigenvalue weighted by Crippen LogP contribution is -2.42. The molecule has 0 amide bonds. The molecule has 0 aromatic heterocycles. The summed E-state index contributed by atoms with van der Waals surface area (Å²) in [7, 11) is -0.991. The molecule has 1 aromatic carbocycles. The first-order valence-electron chi connectivity index (χ1n) is 7.94. The Kier molecular flexibility index (Phi) is 6.03. The van der Waals surface area contributed by atoms with Gasteiger partial charge in [-0.3, -0.25) is 0 Å². The Morgan fingerprint density at radius 2 is 2.17 bits per heavy atom. The summed E-state index contributed by atoms with van der Waals surface area (Å²) in [6.07, 6.45) is 4.85. The first-order valence-corrected chi connectivity index (χ1v) is 9.89. The molecule has 1 aliphatic carbocycles. The van der Waals surface area contributed by atoms with Crippen LogP contribution in [0.5, 0.6) is 5.75 Å². The van der Waals surface area contributed by atoms with Crippen LogP contribution in [-0.2, 0) is 9.84 Å². The molecule has 0 heterocycles. The van der Waals surface area contributed by atoms with Crippen molar-refractivity contribution in [1.29, 1.82) is 5.26 Å². The highest BCUT2D eigenvalue weighted by Gasteiger charge is 2.36. The van der Waals surface area contributed by atoms with E-state index in [-0.39, 0.29) is 11.3 Å². The molecule has 0 radical (unpaired) electrons. The van der Waals surface area contributed by atoms with E-state index < -0.39 is 9.84 Å². The normalized spacial score (nSPS) is 21.3. The van der Waals surface area contributed by atoms with Gasteiger partial charge in [-0.2, -0.15) is 5.26 Å². The highest BCUT2D eigenvalue weighted by Crippen LogP contribution is 2.28. The van der Waals surface area contributed by atoms with Crippen molar-refractivity contribution in [3.8, 4) is 11.8 Å². The van der Waals surface area contributed by atoms with Crippen molar-refractivity contribution >= 4 is 9.84 Å². The second kappa shape index (κ2) is 7.80. The van der Waals surface area contributed by atoms with Crippen LogP contribution in [0.3, 0.4) is 0 Å². The first-order chi connectivity index (χ1) is 10.9. The summed E-state index contributed by atoms with van der Waals surface area (Å²) in [5.74, 6) is 0.696. The van der Waals surface area contributed by atoms with Crippen LogP contribution in [0, 0.1) is 11.3 Å². The average Bonchev–Trinajstić information content (AvgIpc) is 3.01. The van der Waals surface area contributed by atoms with Crippen LogP contribution in [0.1, 0.15) is 31.2 Å². The third-order valence-corrected chi connectivity index (χ3v) is 6.07. The minimum Gasteiger partial charge on any atom is -0.494 e. The summed E-state index contributed by atoms with van der Waals surface area (Å²) in [6, 6.07) is 9.30. The van der Waals surface area contributed by atoms with Gasteiger partial charge in [0, 0.05) is 18.8 Å². The second-order valence-corrected chi connectivity index (χ2v) is 8.45. The molecule has 0 N–H and O–H groups in total. The van der Waals surface area contributed by atoms with Gasteiger partial charge < -0.3 is 9.64 Å². The largest absolute Gasteiger partial charge is 0.494 e. The van der Waals surface area contributed by atoms with Crippen molar-refractivity contribution in [2.24, 2.45) is 0 Å². The molecule has 2 rings (SSSR count). The molecule has 0 spiro atoms. The van der Waals surface area contributed by atoms with Crippen LogP contribution >= 0.6 is 0 Å². The van der Waals surface area contributed by atoms with Gasteiger partial charge in [0.05, 0.1) is 23.5 Å². The molecule has 6 heteroatoms. The minimum atomic E-state index is -2.98. The maximum Gasteiger partial charge on any atom is 0.151 e. The maximum atomic E-state index is 11.8. The molecule has 0 bridgehead atoms. The van der Waals surface area contributed by atoms with Gasteiger partial charge in [0.25, 0.3) is 0 Å². The van der Waals surface area contributed by atoms with E-state index in [9.17, 15) is 8.42 Å². The van der Waals surface area contributed by atoms with Crippen molar-refractivity contribution in [1.82, 2.24) is 4.90 Å². The summed E-state index contributed by atoms with van der Waals surface area (Å²) in [5.41, 5.74) is 0.585. The first kappa shape index (κ1) is 17.8. The zero-order valence-electron chi connectivity index (χ0n) is 13.7. The summed E-state index contributed by atoms with van der Waals surface area (Å²) in [6.45, 7) is 1.35. The minimum absolute atomic E-state index is 0.118. The Labute approximate surface area is 138 Å². The third kappa shape index (κ3) is 4.95. The molecule has 1 aliphatic rings. The summed E-state index contributed by atoms with van der Waals surface area (Å²) < 4.78 is 29.4. The van der Waals surface area contributed by atoms with Crippen LogP contribution in [0.25, 0.3) is 0 Å². The van der Waals surface area contributed by atoms with Crippen LogP contribution in [-0.4, -0.2) is 51.1 Å². The van der Waals surface area contributed by atoms with Crippen molar-refractivity contribution in [2.75, 3.05) is 26.5 Å². The van der Waals surface area contributed by atoms with Gasteiger partial charge in [0.1, 0.15) is 5.75 Å². The molecular formula is C17H24N2O3S. The smallest absolute Gasteiger partial charge is 0.151 e. The Hall–Kier alpha value is -1.58. The maximum absolute atomic E-state index is 11.8. The number of ether oxygens (including phenoxy) is 1. The van der Waals surface area contributed by atoms with Gasteiger partial charge in [-0.1, -0.05) is 12.5 Å². The Balaban J connectivity index is 1.78. The molecule has 126 valence electrons. The van der Waals surface area contributed by atoms with Crippen LogP contribution in [0.15, 0.2) is 24.3 Å². The average molecular weight is 336 g/mol. The number of nitrogens with zero attached hydrogens (tertiary/aromatic N) is 2. The van der Waals surface area contributed by atoms with Crippen molar-refractivity contribution in [3.05, 3.63) is 29.8 Å². The highest BCUT2D eigenvalue weighted by molar-refractivity contribution is 7.91. The fourth-order valence-electron chi connectivity index (χ4n) is 3.24. The van der Waals surface area contributed by atoms with Gasteiger partial charge in [0.15, 0.2) is 9.84 Å². The lowest BCUT2D eigenvalue weighted by Gasteiger charge is -2.28. The van der Waals surface area contributed by atoms with E-state index in [1.807, 2.05) is 13.1 Å². The predicted molar refractivity (Wildman–Crippen MR) is 90.2 cm³/mol. The van der Waals surface area contributed by atoms with E-state index in [0.717, 1.165) is 32.2 Å². The Bertz CT molecular complexity index is 667. The standard InChI is InChI=1S/C17H24N2O3S/c1-19(16-8-4-9-17(16)23(2,20)21)10-5-11-22-15-7-3-6-14(12-15)13-18/h3,6-7,12,16-17H,4-5,8-11H2,1-2H3/t16-,17+/m0/s1. The zero-order chi connectivity index (χ0) is 16.9. The fourth-order valence-corrected chi connectivity index (χ4v) is 4.74. The molecule has 1 saturated carbocycles. The number of hydrogen-bond acceptors (Lipinski definition) is 5. The van der Waals surface area contributed by atoms with E-state index in [0.29, 0.717) is 17.9 Å². The third-order valence-electron chi connectivity index (χ3n) is 4.42. The summed E-state index contributed by atoms with van der Waals surface area (Å²) in [4.78, 5) is 2.15. The van der Waals surface area contributed by atoms with Gasteiger partial charge in [-0.15, -0.1) is 0 Å². The number of rotatable bonds is 7. The number of hydrogen-bond donors (Lipinski definition) is 0. The van der Waals surface area contributed by atoms with Crippen molar-refractivity contribution in [3.63, 3.8) is 0 Å². The summed E-state index contributed by atoms with van der Waals surface area (Å²) >= 11 is 0. The van der Waals surface area contributed by atoms with Crippen molar-refractivity contribution < 1.29 is 13.2 Å². The van der Waals surface area contributed by atoms with E-state index in [1.165, 1.54) is 6.26 Å². The number of benzene rings is 1. The van der Waals surface area contributed by atoms with Gasteiger partial charge in [-0.25, -0.2) is 8.42 Å². The van der Waals surface area contributed by atoms with Crippen LogP contribution in [0.2, 0.25) is 0 Å². The molecule has 0 saturated heterocycles. The Morgan fingerprint density at radius 3 is 2.87 bits per heavy atom. The molecule has 1 fully saturated rings. The lowest BCUT2D eigenvalue weighted by atomic mass is 10.2. The molecule has 23 heavy (non-hydrogen) atoms. The van der Waals surface area contributed by atoms with E-state index >= 15 is 0 Å². The van der Waals surface area contributed by atoms with Gasteiger partial charge >= 0.3 is 0 Å². The fraction of sp³-hybridized carbons (Fsp3) is 0.588.